The molecule has 1 rings (SSSR count). The molecule has 0 aliphatic heterocycles. The molecule has 0 aliphatic carbocycles. The van der Waals surface area contributed by atoms with Crippen LogP contribution in [0.5, 0.6) is 0 Å². The van der Waals surface area contributed by atoms with Crippen molar-refractivity contribution < 1.29 is 0 Å². The summed E-state index contributed by atoms with van der Waals surface area (Å²) in [5.41, 5.74) is 2.55. The second kappa shape index (κ2) is 3.30. The minimum absolute atomic E-state index is 0.561. The number of hydrogen-bond acceptors (Lipinski definition) is 1. The van der Waals surface area contributed by atoms with Crippen molar-refractivity contribution in [2.24, 2.45) is 13.0 Å². The van der Waals surface area contributed by atoms with E-state index in [2.05, 4.69) is 39.0 Å². The highest BCUT2D eigenvalue weighted by Crippen LogP contribution is 2.24. The molecular weight excluding hydrogens is 148 g/mol. The van der Waals surface area contributed by atoms with Crippen LogP contribution in [0.25, 0.3) is 0 Å². The van der Waals surface area contributed by atoms with Gasteiger partial charge in [0, 0.05) is 19.2 Å². The van der Waals surface area contributed by atoms with Crippen LogP contribution in [0.2, 0.25) is 0 Å². The molecule has 0 N–H and O–H groups in total. The highest BCUT2D eigenvalue weighted by molar-refractivity contribution is 5.18. The molecule has 1 heterocycles. The lowest BCUT2D eigenvalue weighted by molar-refractivity contribution is 0.514. The van der Waals surface area contributed by atoms with Crippen molar-refractivity contribution >= 4 is 0 Å². The van der Waals surface area contributed by atoms with Crippen LogP contribution in [0.4, 0.5) is 0 Å². The standard InChI is InChI=1S/C10H18N2/c1-7(2)9(4)10-8(3)6-12(5)11-10/h6-7,9H,1-5H3/t9-/m1/s1. The summed E-state index contributed by atoms with van der Waals surface area (Å²) >= 11 is 0. The molecule has 0 unspecified atom stereocenters. The average molecular weight is 166 g/mol. The summed E-state index contributed by atoms with van der Waals surface area (Å²) in [6, 6.07) is 0. The fourth-order valence-corrected chi connectivity index (χ4v) is 1.39. The van der Waals surface area contributed by atoms with Crippen LogP contribution in [0.1, 0.15) is 37.9 Å². The predicted octanol–water partition coefficient (Wildman–Crippen LogP) is 2.49. The Balaban J connectivity index is 2.94. The van der Waals surface area contributed by atoms with E-state index >= 15 is 0 Å². The van der Waals surface area contributed by atoms with Gasteiger partial charge in [0.25, 0.3) is 0 Å². The van der Waals surface area contributed by atoms with Crippen molar-refractivity contribution in [3.63, 3.8) is 0 Å². The predicted molar refractivity (Wildman–Crippen MR) is 51.2 cm³/mol. The first-order valence-corrected chi connectivity index (χ1v) is 4.52. The van der Waals surface area contributed by atoms with E-state index in [0.29, 0.717) is 11.8 Å². The van der Waals surface area contributed by atoms with Crippen LogP contribution in [0.3, 0.4) is 0 Å². The minimum Gasteiger partial charge on any atom is -0.275 e. The molecule has 68 valence electrons. The molecule has 0 amide bonds. The first-order valence-electron chi connectivity index (χ1n) is 4.52. The van der Waals surface area contributed by atoms with Crippen molar-refractivity contribution in [3.05, 3.63) is 17.5 Å². The van der Waals surface area contributed by atoms with Crippen molar-refractivity contribution in [1.29, 1.82) is 0 Å². The quantitative estimate of drug-likeness (QED) is 0.660. The van der Waals surface area contributed by atoms with E-state index in [0.717, 1.165) is 0 Å². The van der Waals surface area contributed by atoms with E-state index in [9.17, 15) is 0 Å². The molecule has 2 nitrogen and oxygen atoms in total. The normalized spacial score (nSPS) is 13.8. The third kappa shape index (κ3) is 1.68. The monoisotopic (exact) mass is 166 g/mol. The summed E-state index contributed by atoms with van der Waals surface area (Å²) < 4.78 is 1.89. The van der Waals surface area contributed by atoms with E-state index in [1.807, 2.05) is 11.7 Å². The lowest BCUT2D eigenvalue weighted by Gasteiger charge is -2.13. The maximum Gasteiger partial charge on any atom is 0.0684 e. The first-order chi connectivity index (χ1) is 5.52. The van der Waals surface area contributed by atoms with Crippen molar-refractivity contribution in [3.8, 4) is 0 Å². The van der Waals surface area contributed by atoms with Crippen LogP contribution in [-0.2, 0) is 7.05 Å². The lowest BCUT2D eigenvalue weighted by atomic mass is 9.93. The molecule has 1 aromatic heterocycles. The van der Waals surface area contributed by atoms with E-state index < -0.39 is 0 Å². The summed E-state index contributed by atoms with van der Waals surface area (Å²) in [6.07, 6.45) is 2.08. The Morgan fingerprint density at radius 3 is 2.25 bits per heavy atom. The van der Waals surface area contributed by atoms with E-state index in [1.54, 1.807) is 0 Å². The topological polar surface area (TPSA) is 17.8 Å². The highest BCUT2D eigenvalue weighted by Gasteiger charge is 2.15. The van der Waals surface area contributed by atoms with Gasteiger partial charge in [-0.15, -0.1) is 0 Å². The number of nitrogens with zero attached hydrogens (tertiary/aromatic N) is 2. The first kappa shape index (κ1) is 9.30. The van der Waals surface area contributed by atoms with Gasteiger partial charge in [0.05, 0.1) is 5.69 Å². The number of aromatic nitrogens is 2. The van der Waals surface area contributed by atoms with Gasteiger partial charge in [-0.3, -0.25) is 4.68 Å². The Labute approximate surface area is 74.6 Å². The van der Waals surface area contributed by atoms with Crippen LogP contribution < -0.4 is 0 Å². The van der Waals surface area contributed by atoms with Gasteiger partial charge in [-0.25, -0.2) is 0 Å². The molecular formula is C10H18N2. The molecule has 12 heavy (non-hydrogen) atoms. The molecule has 0 saturated carbocycles. The third-order valence-corrected chi connectivity index (χ3v) is 2.48. The highest BCUT2D eigenvalue weighted by atomic mass is 15.3. The Morgan fingerprint density at radius 2 is 1.92 bits per heavy atom. The van der Waals surface area contributed by atoms with E-state index in [1.165, 1.54) is 11.3 Å². The molecule has 0 fully saturated rings. The maximum atomic E-state index is 4.45. The fourth-order valence-electron chi connectivity index (χ4n) is 1.39. The summed E-state index contributed by atoms with van der Waals surface area (Å²) in [5.74, 6) is 1.23. The number of aryl methyl sites for hydroxylation is 2. The molecule has 0 spiro atoms. The zero-order valence-corrected chi connectivity index (χ0v) is 8.63. The SMILES string of the molecule is Cc1cn(C)nc1[C@H](C)C(C)C. The van der Waals surface area contributed by atoms with Gasteiger partial charge < -0.3 is 0 Å². The molecule has 0 aliphatic rings. The Morgan fingerprint density at radius 1 is 1.33 bits per heavy atom. The van der Waals surface area contributed by atoms with E-state index in [4.69, 9.17) is 0 Å². The van der Waals surface area contributed by atoms with Gasteiger partial charge in [0.1, 0.15) is 0 Å². The largest absolute Gasteiger partial charge is 0.275 e. The summed E-state index contributed by atoms with van der Waals surface area (Å²) in [5, 5.41) is 4.45. The molecule has 0 aromatic carbocycles. The minimum atomic E-state index is 0.561. The molecule has 1 aromatic rings. The fraction of sp³-hybridized carbons (Fsp3) is 0.700. The van der Waals surface area contributed by atoms with Gasteiger partial charge in [0.2, 0.25) is 0 Å². The van der Waals surface area contributed by atoms with Gasteiger partial charge >= 0.3 is 0 Å². The van der Waals surface area contributed by atoms with Gasteiger partial charge in [-0.2, -0.15) is 5.10 Å². The molecule has 0 radical (unpaired) electrons. The van der Waals surface area contributed by atoms with Gasteiger partial charge in [-0.05, 0) is 18.4 Å². The lowest BCUT2D eigenvalue weighted by Crippen LogP contribution is -2.04. The second-order valence-electron chi connectivity index (χ2n) is 3.90. The van der Waals surface area contributed by atoms with Crippen LogP contribution in [-0.4, -0.2) is 9.78 Å². The smallest absolute Gasteiger partial charge is 0.0684 e. The number of hydrogen-bond donors (Lipinski definition) is 0. The van der Waals surface area contributed by atoms with Crippen LogP contribution in [0.15, 0.2) is 6.20 Å². The van der Waals surface area contributed by atoms with Crippen LogP contribution in [0, 0.1) is 12.8 Å². The molecule has 1 atom stereocenters. The van der Waals surface area contributed by atoms with Gasteiger partial charge in [-0.1, -0.05) is 20.8 Å². The molecule has 0 bridgehead atoms. The van der Waals surface area contributed by atoms with E-state index in [-0.39, 0.29) is 0 Å². The van der Waals surface area contributed by atoms with Crippen molar-refractivity contribution in [1.82, 2.24) is 9.78 Å². The van der Waals surface area contributed by atoms with Crippen molar-refractivity contribution in [2.45, 2.75) is 33.6 Å². The van der Waals surface area contributed by atoms with Gasteiger partial charge in [0.15, 0.2) is 0 Å². The maximum absolute atomic E-state index is 4.45. The Hall–Kier alpha value is -0.790. The van der Waals surface area contributed by atoms with Crippen LogP contribution >= 0.6 is 0 Å². The molecule has 2 heteroatoms. The molecule has 0 saturated heterocycles. The summed E-state index contributed by atoms with van der Waals surface area (Å²) in [7, 11) is 1.98. The Bertz CT molecular complexity index is 261. The Kier molecular flexibility index (Phi) is 2.55. The summed E-state index contributed by atoms with van der Waals surface area (Å²) in [6.45, 7) is 8.83. The summed E-state index contributed by atoms with van der Waals surface area (Å²) in [4.78, 5) is 0. The zero-order valence-electron chi connectivity index (χ0n) is 8.63. The third-order valence-electron chi connectivity index (χ3n) is 2.48. The van der Waals surface area contributed by atoms with Crippen molar-refractivity contribution in [2.75, 3.05) is 0 Å². The second-order valence-corrected chi connectivity index (χ2v) is 3.90. The number of rotatable bonds is 2. The zero-order chi connectivity index (χ0) is 9.30. The average Bonchev–Trinajstić information content (AvgIpc) is 2.28.